The van der Waals surface area contributed by atoms with Crippen molar-refractivity contribution in [3.8, 4) is 0 Å². The SMILES string of the molecule is CN(C)/C=N\c1nc(=O)n(S(=O)(=O)c2cn(C)cn2)cc1F. The summed E-state index contributed by atoms with van der Waals surface area (Å²) in [6.45, 7) is 0. The first kappa shape index (κ1) is 15.8. The topological polar surface area (TPSA) is 102 Å². The summed E-state index contributed by atoms with van der Waals surface area (Å²) in [7, 11) is 0.544. The fourth-order valence-electron chi connectivity index (χ4n) is 1.46. The zero-order valence-corrected chi connectivity index (χ0v) is 12.8. The largest absolute Gasteiger partial charge is 0.369 e. The van der Waals surface area contributed by atoms with E-state index in [2.05, 4.69) is 15.0 Å². The highest BCUT2D eigenvalue weighted by molar-refractivity contribution is 7.89. The zero-order chi connectivity index (χ0) is 16.5. The van der Waals surface area contributed by atoms with E-state index in [0.717, 1.165) is 0 Å². The molecule has 0 amide bonds. The summed E-state index contributed by atoms with van der Waals surface area (Å²) in [5.41, 5.74) is -1.17. The van der Waals surface area contributed by atoms with Crippen LogP contribution in [0.5, 0.6) is 0 Å². The quantitative estimate of drug-likeness (QED) is 0.558. The normalized spacial score (nSPS) is 12.0. The van der Waals surface area contributed by atoms with E-state index in [0.29, 0.717) is 6.20 Å². The molecule has 0 saturated heterocycles. The van der Waals surface area contributed by atoms with Crippen LogP contribution in [0, 0.1) is 5.82 Å². The maximum atomic E-state index is 13.9. The third-order valence-electron chi connectivity index (χ3n) is 2.45. The van der Waals surface area contributed by atoms with Crippen molar-refractivity contribution < 1.29 is 12.8 Å². The van der Waals surface area contributed by atoms with Gasteiger partial charge in [-0.2, -0.15) is 17.4 Å². The van der Waals surface area contributed by atoms with Gasteiger partial charge in [0.1, 0.15) is 0 Å². The van der Waals surface area contributed by atoms with Gasteiger partial charge in [0.15, 0.2) is 16.7 Å². The Morgan fingerprint density at radius 2 is 2.05 bits per heavy atom. The summed E-state index contributed by atoms with van der Waals surface area (Å²) in [4.78, 5) is 24.0. The molecule has 2 heterocycles. The Hall–Kier alpha value is -2.56. The maximum Gasteiger partial charge on any atom is 0.363 e. The van der Waals surface area contributed by atoms with Crippen molar-refractivity contribution in [3.05, 3.63) is 35.0 Å². The number of hydrogen-bond acceptors (Lipinski definition) is 6. The third-order valence-corrected chi connectivity index (χ3v) is 3.97. The fourth-order valence-corrected chi connectivity index (χ4v) is 2.62. The molecule has 0 fully saturated rings. The second-order valence-corrected chi connectivity index (χ2v) is 6.34. The maximum absolute atomic E-state index is 13.9. The number of imidazole rings is 1. The van der Waals surface area contributed by atoms with Gasteiger partial charge in [0.25, 0.3) is 10.0 Å². The van der Waals surface area contributed by atoms with E-state index in [9.17, 15) is 17.6 Å². The summed E-state index contributed by atoms with van der Waals surface area (Å²) in [5, 5.41) is -0.386. The molecule has 118 valence electrons. The van der Waals surface area contributed by atoms with E-state index in [4.69, 9.17) is 0 Å². The zero-order valence-electron chi connectivity index (χ0n) is 12.0. The van der Waals surface area contributed by atoms with Crippen molar-refractivity contribution in [3.63, 3.8) is 0 Å². The summed E-state index contributed by atoms with van der Waals surface area (Å²) in [5.74, 6) is -1.54. The van der Waals surface area contributed by atoms with Gasteiger partial charge in [-0.15, -0.1) is 0 Å². The van der Waals surface area contributed by atoms with Gasteiger partial charge in [0, 0.05) is 27.3 Å². The lowest BCUT2D eigenvalue weighted by molar-refractivity contribution is 0.568. The van der Waals surface area contributed by atoms with Crippen LogP contribution in [0.2, 0.25) is 0 Å². The van der Waals surface area contributed by atoms with Crippen LogP contribution in [0.15, 0.2) is 33.5 Å². The molecule has 0 N–H and O–H groups in total. The van der Waals surface area contributed by atoms with Crippen LogP contribution in [0.3, 0.4) is 0 Å². The summed E-state index contributed by atoms with van der Waals surface area (Å²) in [6, 6.07) is 0. The van der Waals surface area contributed by atoms with E-state index < -0.39 is 27.3 Å². The minimum absolute atomic E-state index is 0.194. The molecule has 2 aromatic rings. The van der Waals surface area contributed by atoms with Gasteiger partial charge in [-0.3, -0.25) is 0 Å². The lowest BCUT2D eigenvalue weighted by atomic mass is 10.6. The Morgan fingerprint density at radius 3 is 2.59 bits per heavy atom. The minimum atomic E-state index is -4.31. The summed E-state index contributed by atoms with van der Waals surface area (Å²) in [6.07, 6.45) is 4.21. The molecule has 0 unspecified atom stereocenters. The lowest BCUT2D eigenvalue weighted by Crippen LogP contribution is -2.29. The predicted molar refractivity (Wildman–Crippen MR) is 76.1 cm³/mol. The van der Waals surface area contributed by atoms with Crippen molar-refractivity contribution in [1.29, 1.82) is 0 Å². The first-order chi connectivity index (χ1) is 10.2. The van der Waals surface area contributed by atoms with Crippen molar-refractivity contribution >= 4 is 22.2 Å². The van der Waals surface area contributed by atoms with Gasteiger partial charge in [-0.1, -0.05) is 0 Å². The van der Waals surface area contributed by atoms with Gasteiger partial charge < -0.3 is 9.47 Å². The second kappa shape index (κ2) is 5.67. The van der Waals surface area contributed by atoms with Crippen LogP contribution in [0.1, 0.15) is 0 Å². The first-order valence-corrected chi connectivity index (χ1v) is 7.39. The standard InChI is InChI=1S/C11H13FN6O3S/c1-16(2)6-14-10-8(12)4-18(11(19)15-10)22(20,21)9-5-17(3)7-13-9/h4-7H,1-3H3/b14-6-. The number of aromatic nitrogens is 4. The highest BCUT2D eigenvalue weighted by atomic mass is 32.2. The van der Waals surface area contributed by atoms with E-state index in [1.807, 2.05) is 0 Å². The van der Waals surface area contributed by atoms with Crippen molar-refractivity contribution in [2.75, 3.05) is 14.1 Å². The van der Waals surface area contributed by atoms with Crippen molar-refractivity contribution in [2.45, 2.75) is 5.03 Å². The monoisotopic (exact) mass is 328 g/mol. The van der Waals surface area contributed by atoms with Crippen LogP contribution in [-0.4, -0.2) is 52.3 Å². The molecule has 0 aliphatic heterocycles. The molecule has 0 radical (unpaired) electrons. The molecule has 9 nitrogen and oxygen atoms in total. The smallest absolute Gasteiger partial charge is 0.363 e. The Labute approximate surface area is 125 Å². The van der Waals surface area contributed by atoms with Crippen LogP contribution in [0.25, 0.3) is 0 Å². The Kier molecular flexibility index (Phi) is 4.08. The molecular formula is C11H13FN6O3S. The molecule has 11 heteroatoms. The number of aryl methyl sites for hydroxylation is 1. The molecule has 22 heavy (non-hydrogen) atoms. The number of aliphatic imine (C=N–C) groups is 1. The highest BCUT2D eigenvalue weighted by Gasteiger charge is 2.23. The van der Waals surface area contributed by atoms with Gasteiger partial charge in [0.05, 0.1) is 18.9 Å². The van der Waals surface area contributed by atoms with Gasteiger partial charge in [0.2, 0.25) is 0 Å². The highest BCUT2D eigenvalue weighted by Crippen LogP contribution is 2.14. The molecule has 2 aromatic heterocycles. The average Bonchev–Trinajstić information content (AvgIpc) is 2.86. The number of rotatable bonds is 4. The summed E-state index contributed by atoms with van der Waals surface area (Å²) < 4.78 is 39.9. The van der Waals surface area contributed by atoms with Gasteiger partial charge in [-0.05, 0) is 0 Å². The summed E-state index contributed by atoms with van der Waals surface area (Å²) >= 11 is 0. The van der Waals surface area contributed by atoms with E-state index in [-0.39, 0.29) is 9.00 Å². The van der Waals surface area contributed by atoms with E-state index >= 15 is 0 Å². The van der Waals surface area contributed by atoms with Crippen molar-refractivity contribution in [2.24, 2.45) is 12.0 Å². The molecule has 0 spiro atoms. The van der Waals surface area contributed by atoms with Crippen molar-refractivity contribution in [1.82, 2.24) is 23.4 Å². The Balaban J connectivity index is 2.54. The molecule has 2 rings (SSSR count). The number of halogens is 1. The lowest BCUT2D eigenvalue weighted by Gasteiger charge is -2.06. The molecule has 0 aliphatic rings. The molecule has 0 saturated carbocycles. The van der Waals surface area contributed by atoms with Crippen LogP contribution in [0.4, 0.5) is 10.2 Å². The van der Waals surface area contributed by atoms with Gasteiger partial charge in [-0.25, -0.2) is 19.2 Å². The van der Waals surface area contributed by atoms with Gasteiger partial charge >= 0.3 is 5.69 Å². The van der Waals surface area contributed by atoms with E-state index in [1.165, 1.54) is 28.3 Å². The number of nitrogens with zero attached hydrogens (tertiary/aromatic N) is 6. The first-order valence-electron chi connectivity index (χ1n) is 5.95. The molecule has 0 atom stereocenters. The predicted octanol–water partition coefficient (Wildman–Crippen LogP) is -0.426. The minimum Gasteiger partial charge on any atom is -0.369 e. The molecule has 0 bridgehead atoms. The number of hydrogen-bond donors (Lipinski definition) is 0. The Bertz CT molecular complexity index is 883. The van der Waals surface area contributed by atoms with Crippen LogP contribution >= 0.6 is 0 Å². The fraction of sp³-hybridized carbons (Fsp3) is 0.273. The molecule has 0 aromatic carbocycles. The third kappa shape index (κ3) is 3.03. The van der Waals surface area contributed by atoms with E-state index in [1.54, 1.807) is 21.1 Å². The Morgan fingerprint density at radius 1 is 1.36 bits per heavy atom. The molecular weight excluding hydrogens is 315 g/mol. The molecule has 0 aliphatic carbocycles. The van der Waals surface area contributed by atoms with Crippen LogP contribution < -0.4 is 5.69 Å². The second-order valence-electron chi connectivity index (χ2n) is 4.58. The van der Waals surface area contributed by atoms with Crippen LogP contribution in [-0.2, 0) is 17.1 Å². The average molecular weight is 328 g/mol.